The van der Waals surface area contributed by atoms with E-state index in [0.717, 1.165) is 78.4 Å². The van der Waals surface area contributed by atoms with E-state index in [1.165, 1.54) is 10.8 Å². The normalized spacial score (nSPS) is 11.5. The monoisotopic (exact) mass is 664 g/mol. The van der Waals surface area contributed by atoms with Crippen LogP contribution in [-0.2, 0) is 0 Å². The van der Waals surface area contributed by atoms with Crippen molar-refractivity contribution >= 4 is 27.3 Å². The molecule has 0 bridgehead atoms. The van der Waals surface area contributed by atoms with Crippen molar-refractivity contribution in [2.45, 2.75) is 0 Å². The number of fused-ring (bicyclic) bond motifs is 4. The van der Waals surface area contributed by atoms with Crippen LogP contribution in [-0.4, -0.2) is 19.2 Å². The SMILES string of the molecule is c1ccc(-c2nn3c(-c4ccc(-c5ccc(-n6c(-c7ccccc7)nc7ccccc76)cc5)cc4)cc4ccccc4c3c2-c2ccccc2)cc1. The molecule has 10 aromatic rings. The molecule has 0 atom stereocenters. The first-order chi connectivity index (χ1) is 25.8. The van der Waals surface area contributed by atoms with Gasteiger partial charge in [-0.25, -0.2) is 9.50 Å². The van der Waals surface area contributed by atoms with Gasteiger partial charge in [0.15, 0.2) is 0 Å². The molecule has 0 aliphatic carbocycles. The van der Waals surface area contributed by atoms with Gasteiger partial charge in [0.1, 0.15) is 11.5 Å². The van der Waals surface area contributed by atoms with Gasteiger partial charge >= 0.3 is 0 Å². The first kappa shape index (κ1) is 29.8. The molecule has 0 aliphatic heterocycles. The van der Waals surface area contributed by atoms with Gasteiger partial charge in [-0.3, -0.25) is 4.57 Å². The van der Waals surface area contributed by atoms with E-state index in [0.29, 0.717) is 0 Å². The molecular weight excluding hydrogens is 633 g/mol. The number of hydrogen-bond donors (Lipinski definition) is 0. The number of nitrogens with zero attached hydrogens (tertiary/aromatic N) is 4. The molecule has 3 aromatic heterocycles. The van der Waals surface area contributed by atoms with Crippen molar-refractivity contribution < 1.29 is 0 Å². The summed E-state index contributed by atoms with van der Waals surface area (Å²) in [7, 11) is 0. The second-order valence-electron chi connectivity index (χ2n) is 13.1. The molecule has 0 radical (unpaired) electrons. The molecule has 0 N–H and O–H groups in total. The zero-order valence-corrected chi connectivity index (χ0v) is 28.3. The van der Waals surface area contributed by atoms with Gasteiger partial charge in [-0.1, -0.05) is 164 Å². The van der Waals surface area contributed by atoms with Crippen LogP contribution in [0.25, 0.3) is 89.2 Å². The topological polar surface area (TPSA) is 35.1 Å². The molecule has 0 amide bonds. The van der Waals surface area contributed by atoms with Gasteiger partial charge in [-0.15, -0.1) is 0 Å². The molecule has 0 spiro atoms. The highest BCUT2D eigenvalue weighted by Gasteiger charge is 2.21. The number of aromatic nitrogens is 4. The zero-order valence-electron chi connectivity index (χ0n) is 28.3. The van der Waals surface area contributed by atoms with E-state index in [9.17, 15) is 0 Å². The fourth-order valence-corrected chi connectivity index (χ4v) is 7.47. The average molecular weight is 665 g/mol. The molecule has 0 fully saturated rings. The second kappa shape index (κ2) is 12.4. The molecule has 7 aromatic carbocycles. The number of para-hydroxylation sites is 2. The van der Waals surface area contributed by atoms with Gasteiger partial charge in [0, 0.05) is 33.3 Å². The Morgan fingerprint density at radius 3 is 1.69 bits per heavy atom. The van der Waals surface area contributed by atoms with E-state index < -0.39 is 0 Å². The van der Waals surface area contributed by atoms with Gasteiger partial charge in [0.2, 0.25) is 0 Å². The molecule has 244 valence electrons. The molecule has 4 nitrogen and oxygen atoms in total. The summed E-state index contributed by atoms with van der Waals surface area (Å²) < 4.78 is 4.40. The molecule has 52 heavy (non-hydrogen) atoms. The van der Waals surface area contributed by atoms with Crippen molar-refractivity contribution in [3.05, 3.63) is 194 Å². The lowest BCUT2D eigenvalue weighted by atomic mass is 9.96. The minimum atomic E-state index is 0.935. The number of pyridine rings is 1. The summed E-state index contributed by atoms with van der Waals surface area (Å²) in [5, 5.41) is 7.72. The fourth-order valence-electron chi connectivity index (χ4n) is 7.47. The first-order valence-corrected chi connectivity index (χ1v) is 17.6. The van der Waals surface area contributed by atoms with Crippen LogP contribution in [0.15, 0.2) is 194 Å². The standard InChI is InChI=1S/C48H32N4/c1-4-14-36(15-5-1)45-46(37-16-6-2-7-17-37)50-52-44(32-39-20-10-11-21-41(39)47(45)52)35-26-24-33(25-27-35)34-28-30-40(31-29-34)51-43-23-13-12-22-42(43)49-48(51)38-18-8-3-9-19-38/h1-32H. The Labute approximate surface area is 301 Å². The summed E-state index contributed by atoms with van der Waals surface area (Å²) in [4.78, 5) is 5.02. The van der Waals surface area contributed by atoms with Crippen LogP contribution >= 0.6 is 0 Å². The van der Waals surface area contributed by atoms with E-state index >= 15 is 0 Å². The Kier molecular flexibility index (Phi) is 7.10. The van der Waals surface area contributed by atoms with Gasteiger partial charge in [-0.05, 0) is 52.4 Å². The summed E-state index contributed by atoms with van der Waals surface area (Å²) in [6, 6.07) is 68.4. The van der Waals surface area contributed by atoms with Crippen LogP contribution < -0.4 is 0 Å². The van der Waals surface area contributed by atoms with Crippen molar-refractivity contribution in [3.63, 3.8) is 0 Å². The van der Waals surface area contributed by atoms with Crippen molar-refractivity contribution in [1.82, 2.24) is 19.2 Å². The van der Waals surface area contributed by atoms with Crippen molar-refractivity contribution in [2.24, 2.45) is 0 Å². The quantitative estimate of drug-likeness (QED) is 0.177. The fraction of sp³-hybridized carbons (Fsp3) is 0. The summed E-state index contributed by atoms with van der Waals surface area (Å²) in [6.45, 7) is 0. The van der Waals surface area contributed by atoms with E-state index in [4.69, 9.17) is 10.1 Å². The van der Waals surface area contributed by atoms with E-state index in [2.05, 4.69) is 191 Å². The summed E-state index contributed by atoms with van der Waals surface area (Å²) >= 11 is 0. The second-order valence-corrected chi connectivity index (χ2v) is 13.1. The van der Waals surface area contributed by atoms with Gasteiger partial charge in [0.05, 0.1) is 22.2 Å². The molecule has 3 heterocycles. The summed E-state index contributed by atoms with van der Waals surface area (Å²) in [5.74, 6) is 0.935. The van der Waals surface area contributed by atoms with E-state index in [1.807, 2.05) is 12.1 Å². The van der Waals surface area contributed by atoms with E-state index in [1.54, 1.807) is 0 Å². The predicted octanol–water partition coefficient (Wildman–Crippen LogP) is 12.2. The largest absolute Gasteiger partial charge is 0.292 e. The van der Waals surface area contributed by atoms with Gasteiger partial charge in [0.25, 0.3) is 0 Å². The Bertz CT molecular complexity index is 2850. The van der Waals surface area contributed by atoms with Crippen LogP contribution in [0.5, 0.6) is 0 Å². The van der Waals surface area contributed by atoms with Crippen molar-refractivity contribution in [1.29, 1.82) is 0 Å². The lowest BCUT2D eigenvalue weighted by Gasteiger charge is -2.12. The third kappa shape index (κ3) is 5.00. The predicted molar refractivity (Wildman–Crippen MR) is 215 cm³/mol. The molecule has 0 aliphatic rings. The van der Waals surface area contributed by atoms with Crippen molar-refractivity contribution in [2.75, 3.05) is 0 Å². The third-order valence-electron chi connectivity index (χ3n) is 9.96. The highest BCUT2D eigenvalue weighted by atomic mass is 15.2. The minimum Gasteiger partial charge on any atom is -0.292 e. The first-order valence-electron chi connectivity index (χ1n) is 17.6. The molecule has 4 heteroatoms. The lowest BCUT2D eigenvalue weighted by Crippen LogP contribution is -1.97. The summed E-state index contributed by atoms with van der Waals surface area (Å²) in [6.07, 6.45) is 0. The van der Waals surface area contributed by atoms with Gasteiger partial charge in [-0.2, -0.15) is 5.10 Å². The maximum Gasteiger partial charge on any atom is 0.145 e. The highest BCUT2D eigenvalue weighted by Crippen LogP contribution is 2.41. The van der Waals surface area contributed by atoms with E-state index in [-0.39, 0.29) is 0 Å². The summed E-state index contributed by atoms with van der Waals surface area (Å²) in [5.41, 5.74) is 14.2. The number of benzene rings is 7. The van der Waals surface area contributed by atoms with Crippen LogP contribution in [0, 0.1) is 0 Å². The molecule has 0 saturated carbocycles. The van der Waals surface area contributed by atoms with Gasteiger partial charge < -0.3 is 0 Å². The van der Waals surface area contributed by atoms with Crippen LogP contribution in [0.1, 0.15) is 0 Å². The van der Waals surface area contributed by atoms with Crippen LogP contribution in [0.3, 0.4) is 0 Å². The number of imidazole rings is 1. The van der Waals surface area contributed by atoms with Crippen molar-refractivity contribution in [3.8, 4) is 61.8 Å². The maximum atomic E-state index is 5.36. The Balaban J connectivity index is 1.08. The lowest BCUT2D eigenvalue weighted by molar-refractivity contribution is 0.979. The molecule has 0 saturated heterocycles. The van der Waals surface area contributed by atoms with Crippen LogP contribution in [0.2, 0.25) is 0 Å². The maximum absolute atomic E-state index is 5.36. The smallest absolute Gasteiger partial charge is 0.145 e. The average Bonchev–Trinajstić information content (AvgIpc) is 3.82. The Morgan fingerprint density at radius 1 is 0.423 bits per heavy atom. The minimum absolute atomic E-state index is 0.935. The number of hydrogen-bond acceptors (Lipinski definition) is 2. The Hall–Kier alpha value is -7.04. The van der Waals surface area contributed by atoms with Crippen LogP contribution in [0.4, 0.5) is 0 Å². The highest BCUT2D eigenvalue weighted by molar-refractivity contribution is 6.08. The zero-order chi connectivity index (χ0) is 34.4. The molecule has 10 rings (SSSR count). The molecular formula is C48H32N4. The molecule has 0 unspecified atom stereocenters. The number of rotatable bonds is 6. The third-order valence-corrected chi connectivity index (χ3v) is 9.96. The Morgan fingerprint density at radius 2 is 0.981 bits per heavy atom.